The van der Waals surface area contributed by atoms with Crippen molar-refractivity contribution in [2.24, 2.45) is 11.7 Å². The summed E-state index contributed by atoms with van der Waals surface area (Å²) in [5.74, 6) is 2.13. The van der Waals surface area contributed by atoms with E-state index in [0.717, 1.165) is 25.2 Å². The van der Waals surface area contributed by atoms with Gasteiger partial charge >= 0.3 is 0 Å². The SMILES string of the molecule is CC(C)Cn1cnnc1C1CCCCC1N. The second-order valence-corrected chi connectivity index (χ2v) is 5.29. The van der Waals surface area contributed by atoms with Crippen LogP contribution in [0.2, 0.25) is 0 Å². The van der Waals surface area contributed by atoms with Crippen molar-refractivity contribution in [2.75, 3.05) is 0 Å². The summed E-state index contributed by atoms with van der Waals surface area (Å²) in [7, 11) is 0. The van der Waals surface area contributed by atoms with E-state index in [1.54, 1.807) is 0 Å². The van der Waals surface area contributed by atoms with Crippen molar-refractivity contribution in [1.82, 2.24) is 14.8 Å². The maximum atomic E-state index is 6.19. The zero-order valence-electron chi connectivity index (χ0n) is 10.3. The van der Waals surface area contributed by atoms with Gasteiger partial charge in [-0.15, -0.1) is 10.2 Å². The Kier molecular flexibility index (Phi) is 3.59. The first kappa shape index (κ1) is 11.6. The Balaban J connectivity index is 2.15. The topological polar surface area (TPSA) is 56.7 Å². The molecule has 1 aromatic rings. The van der Waals surface area contributed by atoms with Gasteiger partial charge in [0.1, 0.15) is 12.2 Å². The molecule has 1 aromatic heterocycles. The van der Waals surface area contributed by atoms with Gasteiger partial charge in [0.25, 0.3) is 0 Å². The van der Waals surface area contributed by atoms with Crippen LogP contribution < -0.4 is 5.73 Å². The minimum absolute atomic E-state index is 0.267. The van der Waals surface area contributed by atoms with E-state index in [-0.39, 0.29) is 6.04 Å². The summed E-state index contributed by atoms with van der Waals surface area (Å²) in [4.78, 5) is 0. The molecule has 0 radical (unpaired) electrons. The molecule has 1 aliphatic rings. The second-order valence-electron chi connectivity index (χ2n) is 5.29. The molecule has 0 saturated heterocycles. The molecule has 16 heavy (non-hydrogen) atoms. The fraction of sp³-hybridized carbons (Fsp3) is 0.833. The van der Waals surface area contributed by atoms with Crippen molar-refractivity contribution in [3.63, 3.8) is 0 Å². The van der Waals surface area contributed by atoms with E-state index in [0.29, 0.717) is 11.8 Å². The molecule has 0 aromatic carbocycles. The molecule has 1 heterocycles. The molecule has 0 amide bonds. The van der Waals surface area contributed by atoms with Gasteiger partial charge in [-0.1, -0.05) is 26.7 Å². The van der Waals surface area contributed by atoms with Crippen LogP contribution in [0.25, 0.3) is 0 Å². The summed E-state index contributed by atoms with van der Waals surface area (Å²) in [5.41, 5.74) is 6.19. The van der Waals surface area contributed by atoms with Gasteiger partial charge in [0.05, 0.1) is 0 Å². The minimum atomic E-state index is 0.267. The maximum Gasteiger partial charge on any atom is 0.137 e. The lowest BCUT2D eigenvalue weighted by Crippen LogP contribution is -2.33. The van der Waals surface area contributed by atoms with Crippen LogP contribution in [0, 0.1) is 5.92 Å². The molecule has 0 bridgehead atoms. The molecule has 2 N–H and O–H groups in total. The van der Waals surface area contributed by atoms with E-state index in [1.165, 1.54) is 12.8 Å². The van der Waals surface area contributed by atoms with Crippen molar-refractivity contribution in [3.8, 4) is 0 Å². The van der Waals surface area contributed by atoms with E-state index in [2.05, 4.69) is 28.6 Å². The van der Waals surface area contributed by atoms with Gasteiger partial charge in [-0.05, 0) is 18.8 Å². The van der Waals surface area contributed by atoms with Crippen LogP contribution in [0.4, 0.5) is 0 Å². The molecular weight excluding hydrogens is 200 g/mol. The quantitative estimate of drug-likeness (QED) is 0.850. The molecule has 2 rings (SSSR count). The van der Waals surface area contributed by atoms with Gasteiger partial charge in [-0.25, -0.2) is 0 Å². The summed E-state index contributed by atoms with van der Waals surface area (Å²) in [6.07, 6.45) is 6.66. The molecule has 4 nitrogen and oxygen atoms in total. The highest BCUT2D eigenvalue weighted by Gasteiger charge is 2.27. The van der Waals surface area contributed by atoms with E-state index < -0.39 is 0 Å². The Labute approximate surface area is 97.2 Å². The summed E-state index contributed by atoms with van der Waals surface area (Å²) >= 11 is 0. The molecule has 1 aliphatic carbocycles. The van der Waals surface area contributed by atoms with Gasteiger partial charge in [-0.2, -0.15) is 0 Å². The minimum Gasteiger partial charge on any atom is -0.327 e. The monoisotopic (exact) mass is 222 g/mol. The van der Waals surface area contributed by atoms with Gasteiger partial charge in [0.2, 0.25) is 0 Å². The molecule has 0 aliphatic heterocycles. The fourth-order valence-electron chi connectivity index (χ4n) is 2.57. The third-order valence-electron chi connectivity index (χ3n) is 3.36. The first-order valence-electron chi connectivity index (χ1n) is 6.31. The maximum absolute atomic E-state index is 6.19. The third kappa shape index (κ3) is 2.43. The first-order chi connectivity index (χ1) is 7.68. The van der Waals surface area contributed by atoms with E-state index in [1.807, 2.05) is 6.33 Å². The molecular formula is C12H22N4. The number of nitrogens with two attached hydrogens (primary N) is 1. The van der Waals surface area contributed by atoms with Gasteiger partial charge < -0.3 is 10.3 Å². The number of hydrogen-bond donors (Lipinski definition) is 1. The smallest absolute Gasteiger partial charge is 0.137 e. The molecule has 1 saturated carbocycles. The van der Waals surface area contributed by atoms with E-state index in [4.69, 9.17) is 5.73 Å². The molecule has 90 valence electrons. The molecule has 2 unspecified atom stereocenters. The summed E-state index contributed by atoms with van der Waals surface area (Å²) in [5, 5.41) is 8.32. The Morgan fingerprint density at radius 1 is 1.44 bits per heavy atom. The predicted molar refractivity (Wildman–Crippen MR) is 64.0 cm³/mol. The third-order valence-corrected chi connectivity index (χ3v) is 3.36. The lowest BCUT2D eigenvalue weighted by atomic mass is 9.84. The highest BCUT2D eigenvalue weighted by atomic mass is 15.3. The zero-order valence-corrected chi connectivity index (χ0v) is 10.3. The zero-order chi connectivity index (χ0) is 11.5. The van der Waals surface area contributed by atoms with Crippen molar-refractivity contribution >= 4 is 0 Å². The molecule has 4 heteroatoms. The predicted octanol–water partition coefficient (Wildman–Crippen LogP) is 1.92. The highest BCUT2D eigenvalue weighted by molar-refractivity contribution is 5.03. The average molecular weight is 222 g/mol. The number of nitrogens with zero attached hydrogens (tertiary/aromatic N) is 3. The normalized spacial score (nSPS) is 26.2. The second kappa shape index (κ2) is 4.95. The van der Waals surface area contributed by atoms with Crippen molar-refractivity contribution < 1.29 is 0 Å². The summed E-state index contributed by atoms with van der Waals surface area (Å²) in [6.45, 7) is 5.42. The Morgan fingerprint density at radius 2 is 2.19 bits per heavy atom. The molecule has 0 spiro atoms. The Hall–Kier alpha value is -0.900. The number of aromatic nitrogens is 3. The van der Waals surface area contributed by atoms with Crippen molar-refractivity contribution in [3.05, 3.63) is 12.2 Å². The Bertz CT molecular complexity index is 332. The largest absolute Gasteiger partial charge is 0.327 e. The lowest BCUT2D eigenvalue weighted by Gasteiger charge is -2.28. The fourth-order valence-corrected chi connectivity index (χ4v) is 2.57. The van der Waals surface area contributed by atoms with Crippen LogP contribution in [0.15, 0.2) is 6.33 Å². The van der Waals surface area contributed by atoms with Gasteiger partial charge in [0.15, 0.2) is 0 Å². The van der Waals surface area contributed by atoms with Crippen LogP contribution in [-0.4, -0.2) is 20.8 Å². The van der Waals surface area contributed by atoms with Crippen LogP contribution in [0.1, 0.15) is 51.3 Å². The summed E-state index contributed by atoms with van der Waals surface area (Å²) < 4.78 is 2.18. The van der Waals surface area contributed by atoms with E-state index in [9.17, 15) is 0 Å². The van der Waals surface area contributed by atoms with Crippen molar-refractivity contribution in [2.45, 2.75) is 58.0 Å². The Morgan fingerprint density at radius 3 is 2.88 bits per heavy atom. The average Bonchev–Trinajstić information content (AvgIpc) is 2.66. The first-order valence-corrected chi connectivity index (χ1v) is 6.31. The molecule has 2 atom stereocenters. The number of rotatable bonds is 3. The van der Waals surface area contributed by atoms with Gasteiger partial charge in [-0.3, -0.25) is 0 Å². The van der Waals surface area contributed by atoms with Crippen LogP contribution in [0.5, 0.6) is 0 Å². The van der Waals surface area contributed by atoms with Crippen molar-refractivity contribution in [1.29, 1.82) is 0 Å². The van der Waals surface area contributed by atoms with E-state index >= 15 is 0 Å². The van der Waals surface area contributed by atoms with Crippen LogP contribution in [-0.2, 0) is 6.54 Å². The lowest BCUT2D eigenvalue weighted by molar-refractivity contribution is 0.357. The van der Waals surface area contributed by atoms with Gasteiger partial charge in [0, 0.05) is 18.5 Å². The summed E-state index contributed by atoms with van der Waals surface area (Å²) in [6, 6.07) is 0.267. The number of hydrogen-bond acceptors (Lipinski definition) is 3. The standard InChI is InChI=1S/C12H22N4/c1-9(2)7-16-8-14-15-12(16)10-5-3-4-6-11(10)13/h8-11H,3-7,13H2,1-2H3. The molecule has 1 fully saturated rings. The highest BCUT2D eigenvalue weighted by Crippen LogP contribution is 2.30. The van der Waals surface area contributed by atoms with Crippen LogP contribution in [0.3, 0.4) is 0 Å². The van der Waals surface area contributed by atoms with Crippen LogP contribution >= 0.6 is 0 Å².